The number of carbonyl (C=O) groups is 1. The van der Waals surface area contributed by atoms with E-state index in [-0.39, 0.29) is 24.1 Å². The largest absolute Gasteiger partial charge is 0.418 e. The molecule has 114 valence electrons. The van der Waals surface area contributed by atoms with Crippen molar-refractivity contribution in [2.24, 2.45) is 0 Å². The lowest BCUT2D eigenvalue weighted by Crippen LogP contribution is -2.37. The molecule has 0 radical (unpaired) electrons. The number of alkyl halides is 3. The van der Waals surface area contributed by atoms with Crippen LogP contribution in [0.5, 0.6) is 0 Å². The molecule has 0 saturated heterocycles. The number of nitrogens with zero attached hydrogens (tertiary/aromatic N) is 1. The molecule has 0 aliphatic carbocycles. The molecule has 1 heterocycles. The molecule has 0 aromatic carbocycles. The van der Waals surface area contributed by atoms with Gasteiger partial charge in [-0.05, 0) is 13.0 Å². The van der Waals surface area contributed by atoms with Gasteiger partial charge in [-0.3, -0.25) is 4.79 Å². The Morgan fingerprint density at radius 1 is 1.55 bits per heavy atom. The summed E-state index contributed by atoms with van der Waals surface area (Å²) in [7, 11) is 1.50. The number of hydrogen-bond donors (Lipinski definition) is 2. The van der Waals surface area contributed by atoms with Crippen molar-refractivity contribution < 1.29 is 27.8 Å². The van der Waals surface area contributed by atoms with Crippen LogP contribution in [0.2, 0.25) is 0 Å². The third kappa shape index (κ3) is 4.86. The van der Waals surface area contributed by atoms with E-state index in [1.54, 1.807) is 6.92 Å². The number of rotatable bonds is 6. The second-order valence-corrected chi connectivity index (χ2v) is 4.49. The Balaban J connectivity index is 2.58. The van der Waals surface area contributed by atoms with Crippen molar-refractivity contribution in [3.8, 4) is 0 Å². The van der Waals surface area contributed by atoms with Gasteiger partial charge < -0.3 is 19.7 Å². The average molecular weight is 294 g/mol. The summed E-state index contributed by atoms with van der Waals surface area (Å²) in [6.07, 6.45) is -4.86. The number of ether oxygens (including phenoxy) is 1. The molecule has 0 bridgehead atoms. The van der Waals surface area contributed by atoms with E-state index in [1.807, 2.05) is 0 Å². The molecule has 8 heteroatoms. The number of hydrogen-bond acceptors (Lipinski definition) is 3. The van der Waals surface area contributed by atoms with Crippen LogP contribution in [-0.2, 0) is 16.1 Å². The molecule has 0 spiro atoms. The number of aromatic nitrogens is 1. The van der Waals surface area contributed by atoms with Crippen molar-refractivity contribution in [2.45, 2.75) is 31.8 Å². The van der Waals surface area contributed by atoms with Crippen molar-refractivity contribution in [3.63, 3.8) is 0 Å². The van der Waals surface area contributed by atoms with Crippen LogP contribution in [0.15, 0.2) is 18.5 Å². The quantitative estimate of drug-likeness (QED) is 0.829. The highest BCUT2D eigenvalue weighted by molar-refractivity contribution is 5.76. The lowest BCUT2D eigenvalue weighted by molar-refractivity contribution is -0.206. The van der Waals surface area contributed by atoms with Crippen LogP contribution in [0, 0.1) is 0 Å². The highest BCUT2D eigenvalue weighted by Gasteiger charge is 2.39. The van der Waals surface area contributed by atoms with E-state index in [4.69, 9.17) is 9.84 Å². The summed E-state index contributed by atoms with van der Waals surface area (Å²) in [5.74, 6) is -0.349. The summed E-state index contributed by atoms with van der Waals surface area (Å²) >= 11 is 0. The first-order valence-electron chi connectivity index (χ1n) is 5.92. The van der Waals surface area contributed by atoms with Crippen molar-refractivity contribution in [3.05, 3.63) is 24.0 Å². The summed E-state index contributed by atoms with van der Waals surface area (Å²) in [6.45, 7) is 1.96. The summed E-state index contributed by atoms with van der Waals surface area (Å²) in [5, 5.41) is 11.7. The predicted molar refractivity (Wildman–Crippen MR) is 64.9 cm³/mol. The summed E-state index contributed by atoms with van der Waals surface area (Å²) in [6, 6.07) is 0.938. The zero-order chi connectivity index (χ0) is 15.3. The van der Waals surface area contributed by atoms with Gasteiger partial charge in [-0.1, -0.05) is 0 Å². The molecule has 1 aromatic rings. The van der Waals surface area contributed by atoms with Gasteiger partial charge in [0.15, 0.2) is 6.10 Å². The normalized spacial score (nSPS) is 14.9. The van der Waals surface area contributed by atoms with Crippen LogP contribution in [0.1, 0.15) is 18.6 Å². The standard InChI is InChI=1S/C12H17F3N2O3/c1-8(7-20-2)16-10(18)6-17-4-3-9(5-17)11(19)12(13,14)15/h3-5,8,11,19H,6-7H2,1-2H3,(H,16,18). The molecule has 20 heavy (non-hydrogen) atoms. The van der Waals surface area contributed by atoms with Crippen molar-refractivity contribution >= 4 is 5.91 Å². The lowest BCUT2D eigenvalue weighted by atomic mass is 10.2. The number of nitrogens with one attached hydrogen (secondary N) is 1. The third-order valence-corrected chi connectivity index (χ3v) is 2.55. The van der Waals surface area contributed by atoms with Gasteiger partial charge in [-0.25, -0.2) is 0 Å². The Kier molecular flexibility index (Phi) is 5.58. The molecule has 1 amide bonds. The first-order chi connectivity index (χ1) is 9.24. The molecular formula is C12H17F3N2O3. The maximum atomic E-state index is 12.3. The van der Waals surface area contributed by atoms with E-state index < -0.39 is 12.3 Å². The Morgan fingerprint density at radius 2 is 2.20 bits per heavy atom. The van der Waals surface area contributed by atoms with Crippen LogP contribution in [0.25, 0.3) is 0 Å². The molecule has 0 aliphatic heterocycles. The minimum atomic E-state index is -4.72. The summed E-state index contributed by atoms with van der Waals surface area (Å²) in [5.41, 5.74) is -0.296. The second kappa shape index (κ2) is 6.76. The molecular weight excluding hydrogens is 277 g/mol. The topological polar surface area (TPSA) is 63.5 Å². The highest BCUT2D eigenvalue weighted by Crippen LogP contribution is 2.32. The van der Waals surface area contributed by atoms with Gasteiger partial charge in [0.1, 0.15) is 6.54 Å². The minimum Gasteiger partial charge on any atom is -0.383 e. The van der Waals surface area contributed by atoms with Gasteiger partial charge in [0.2, 0.25) is 5.91 Å². The zero-order valence-electron chi connectivity index (χ0n) is 11.1. The third-order valence-electron chi connectivity index (χ3n) is 2.55. The second-order valence-electron chi connectivity index (χ2n) is 4.49. The Hall–Kier alpha value is -1.54. The fourth-order valence-electron chi connectivity index (χ4n) is 1.69. The van der Waals surface area contributed by atoms with Crippen LogP contribution in [0.3, 0.4) is 0 Å². The van der Waals surface area contributed by atoms with Crippen molar-refractivity contribution in [2.75, 3.05) is 13.7 Å². The van der Waals surface area contributed by atoms with Crippen LogP contribution < -0.4 is 5.32 Å². The van der Waals surface area contributed by atoms with Crippen LogP contribution >= 0.6 is 0 Å². The molecule has 0 saturated carbocycles. The Labute approximate surface area is 114 Å². The van der Waals surface area contributed by atoms with E-state index in [0.29, 0.717) is 6.61 Å². The van der Waals surface area contributed by atoms with E-state index in [1.165, 1.54) is 17.9 Å². The van der Waals surface area contributed by atoms with Gasteiger partial charge in [0.05, 0.1) is 6.61 Å². The number of aliphatic hydroxyl groups is 1. The number of carbonyl (C=O) groups excluding carboxylic acids is 1. The molecule has 2 unspecified atom stereocenters. The minimum absolute atomic E-state index is 0.126. The first kappa shape index (κ1) is 16.5. The SMILES string of the molecule is COCC(C)NC(=O)Cn1ccc(C(O)C(F)(F)F)c1. The zero-order valence-corrected chi connectivity index (χ0v) is 11.1. The van der Waals surface area contributed by atoms with E-state index in [0.717, 1.165) is 12.3 Å². The van der Waals surface area contributed by atoms with E-state index in [9.17, 15) is 18.0 Å². The molecule has 1 aromatic heterocycles. The van der Waals surface area contributed by atoms with Gasteiger partial charge in [-0.15, -0.1) is 0 Å². The fraction of sp³-hybridized carbons (Fsp3) is 0.583. The lowest BCUT2D eigenvalue weighted by Gasteiger charge is -2.13. The van der Waals surface area contributed by atoms with E-state index >= 15 is 0 Å². The molecule has 0 fully saturated rings. The van der Waals surface area contributed by atoms with Crippen LogP contribution in [-0.4, -0.2) is 41.5 Å². The van der Waals surface area contributed by atoms with Gasteiger partial charge in [-0.2, -0.15) is 13.2 Å². The monoisotopic (exact) mass is 294 g/mol. The molecule has 2 N–H and O–H groups in total. The number of methoxy groups -OCH3 is 1. The Morgan fingerprint density at radius 3 is 2.75 bits per heavy atom. The highest BCUT2D eigenvalue weighted by atomic mass is 19.4. The van der Waals surface area contributed by atoms with Gasteiger partial charge in [0, 0.05) is 31.1 Å². The van der Waals surface area contributed by atoms with Crippen molar-refractivity contribution in [1.82, 2.24) is 9.88 Å². The Bertz CT molecular complexity index is 445. The fourth-order valence-corrected chi connectivity index (χ4v) is 1.69. The first-order valence-corrected chi connectivity index (χ1v) is 5.92. The summed E-state index contributed by atoms with van der Waals surface area (Å²) in [4.78, 5) is 11.6. The van der Waals surface area contributed by atoms with E-state index in [2.05, 4.69) is 5.32 Å². The smallest absolute Gasteiger partial charge is 0.383 e. The molecule has 2 atom stereocenters. The van der Waals surface area contributed by atoms with Crippen LogP contribution in [0.4, 0.5) is 13.2 Å². The average Bonchev–Trinajstić information content (AvgIpc) is 2.74. The number of halogens is 3. The number of amides is 1. The maximum absolute atomic E-state index is 12.3. The predicted octanol–water partition coefficient (Wildman–Crippen LogP) is 1.23. The maximum Gasteiger partial charge on any atom is 0.418 e. The molecule has 5 nitrogen and oxygen atoms in total. The molecule has 1 rings (SSSR count). The summed E-state index contributed by atoms with van der Waals surface area (Å²) < 4.78 is 43.1. The van der Waals surface area contributed by atoms with Crippen molar-refractivity contribution in [1.29, 1.82) is 0 Å². The molecule has 0 aliphatic rings. The van der Waals surface area contributed by atoms with Gasteiger partial charge in [0.25, 0.3) is 0 Å². The van der Waals surface area contributed by atoms with Gasteiger partial charge >= 0.3 is 6.18 Å². The number of aliphatic hydroxyl groups excluding tert-OH is 1.